The Kier molecular flexibility index (Phi) is 17.6. The Labute approximate surface area is 215 Å². The van der Waals surface area contributed by atoms with Crippen molar-refractivity contribution in [2.45, 2.75) is 103 Å². The summed E-state index contributed by atoms with van der Waals surface area (Å²) in [6.45, 7) is 11.8. The van der Waals surface area contributed by atoms with Crippen LogP contribution in [-0.2, 0) is 19.1 Å². The van der Waals surface area contributed by atoms with Crippen LogP contribution in [0.25, 0.3) is 0 Å². The minimum Gasteiger partial charge on any atom is -0.480 e. The number of carboxylic acid groups (broad SMARTS) is 2. The van der Waals surface area contributed by atoms with Crippen molar-refractivity contribution in [3.8, 4) is 0 Å². The highest BCUT2D eigenvalue weighted by molar-refractivity contribution is 5.80. The molecule has 2 atom stereocenters. The number of unbranched alkanes of at least 4 members (excludes halogenated alkanes) is 2. The van der Waals surface area contributed by atoms with E-state index >= 15 is 0 Å². The molecular formula is C24H48N4O8. The van der Waals surface area contributed by atoms with Crippen LogP contribution >= 0.6 is 0 Å². The second-order valence-electron chi connectivity index (χ2n) is 10.7. The van der Waals surface area contributed by atoms with Crippen LogP contribution in [0.3, 0.4) is 0 Å². The summed E-state index contributed by atoms with van der Waals surface area (Å²) in [7, 11) is 3.93. The predicted octanol–water partition coefficient (Wildman–Crippen LogP) is 2.79. The summed E-state index contributed by atoms with van der Waals surface area (Å²) < 4.78 is 10.0. The maximum absolute atomic E-state index is 11.5. The molecule has 0 radical (unpaired) electrons. The van der Waals surface area contributed by atoms with Gasteiger partial charge in [0.1, 0.15) is 23.3 Å². The number of nitrogens with one attached hydrogen (secondary N) is 2. The minimum atomic E-state index is -1.06. The summed E-state index contributed by atoms with van der Waals surface area (Å²) in [4.78, 5) is 46.9. The molecule has 0 spiro atoms. The summed E-state index contributed by atoms with van der Waals surface area (Å²) in [5.41, 5.74) is 4.05. The molecule has 0 saturated heterocycles. The van der Waals surface area contributed by atoms with E-state index < -0.39 is 47.4 Å². The lowest BCUT2D eigenvalue weighted by molar-refractivity contribution is -0.140. The third-order valence-electron chi connectivity index (χ3n) is 4.27. The topological polar surface area (TPSA) is 181 Å². The smallest absolute Gasteiger partial charge is 0.408 e. The molecule has 0 heterocycles. The van der Waals surface area contributed by atoms with Crippen LogP contribution in [0, 0.1) is 0 Å². The van der Waals surface area contributed by atoms with Crippen LogP contribution in [0.1, 0.15) is 80.1 Å². The Balaban J connectivity index is 0. The number of carboxylic acids is 2. The van der Waals surface area contributed by atoms with E-state index in [1.165, 1.54) is 0 Å². The van der Waals surface area contributed by atoms with Gasteiger partial charge in [0.15, 0.2) is 0 Å². The van der Waals surface area contributed by atoms with E-state index in [1.54, 1.807) is 41.5 Å². The third kappa shape index (κ3) is 23.2. The number of alkyl carbamates (subject to hydrolysis) is 2. The minimum absolute atomic E-state index is 0.353. The normalized spacial score (nSPS) is 13.1. The highest BCUT2D eigenvalue weighted by Gasteiger charge is 2.24. The van der Waals surface area contributed by atoms with Crippen LogP contribution < -0.4 is 16.4 Å². The van der Waals surface area contributed by atoms with E-state index in [0.29, 0.717) is 25.8 Å². The average Bonchev–Trinajstić information content (AvgIpc) is 2.66. The highest BCUT2D eigenvalue weighted by atomic mass is 16.6. The van der Waals surface area contributed by atoms with Crippen molar-refractivity contribution < 1.29 is 38.9 Å². The van der Waals surface area contributed by atoms with E-state index in [2.05, 4.69) is 10.6 Å². The number of ether oxygens (including phenoxy) is 2. The number of carbonyl (C=O) groups excluding carboxylic acids is 2. The Morgan fingerprint density at radius 3 is 1.39 bits per heavy atom. The molecule has 212 valence electrons. The Hall–Kier alpha value is -2.60. The molecular weight excluding hydrogens is 472 g/mol. The Morgan fingerprint density at radius 1 is 0.750 bits per heavy atom. The van der Waals surface area contributed by atoms with Gasteiger partial charge >= 0.3 is 24.1 Å². The number of amides is 2. The summed E-state index contributed by atoms with van der Waals surface area (Å²) in [5, 5.41) is 22.7. The molecule has 12 heteroatoms. The molecule has 0 aromatic carbocycles. The summed E-state index contributed by atoms with van der Waals surface area (Å²) >= 11 is 0. The molecule has 0 rings (SSSR count). The van der Waals surface area contributed by atoms with Crippen LogP contribution in [-0.4, -0.2) is 89.7 Å². The van der Waals surface area contributed by atoms with Gasteiger partial charge in [-0.25, -0.2) is 19.2 Å². The van der Waals surface area contributed by atoms with Gasteiger partial charge in [-0.2, -0.15) is 0 Å². The number of hydrogen-bond donors (Lipinski definition) is 5. The fourth-order valence-corrected chi connectivity index (χ4v) is 2.68. The number of aliphatic carboxylic acids is 2. The van der Waals surface area contributed by atoms with Gasteiger partial charge in [-0.15, -0.1) is 0 Å². The molecule has 6 N–H and O–H groups in total. The quantitative estimate of drug-likeness (QED) is 0.227. The Morgan fingerprint density at radius 2 is 1.11 bits per heavy atom. The van der Waals surface area contributed by atoms with Crippen molar-refractivity contribution in [2.24, 2.45) is 5.73 Å². The standard InChI is InChI=1S/C13H26N2O4.C11H22N2O4/c1-13(2,3)19-12(18)14-10(11(16)17)8-6-7-9-15(4)5;1-11(2,3)17-10(16)13-8(9(14)15)6-4-5-7-12/h10H,6-9H2,1-5H3,(H,14,18)(H,16,17);8H,4-7,12H2,1-3H3,(H,13,16)(H,14,15)/t10-;8-/m00/s1. The van der Waals surface area contributed by atoms with Crippen molar-refractivity contribution in [1.29, 1.82) is 0 Å². The van der Waals surface area contributed by atoms with Gasteiger partial charge in [0, 0.05) is 0 Å². The monoisotopic (exact) mass is 520 g/mol. The summed E-state index contributed by atoms with van der Waals surface area (Å²) in [6, 6.07) is -1.81. The molecule has 36 heavy (non-hydrogen) atoms. The first kappa shape index (κ1) is 35.6. The molecule has 0 aliphatic heterocycles. The van der Waals surface area contributed by atoms with Gasteiger partial charge in [-0.1, -0.05) is 0 Å². The third-order valence-corrected chi connectivity index (χ3v) is 4.27. The van der Waals surface area contributed by atoms with E-state index in [-0.39, 0.29) is 0 Å². The van der Waals surface area contributed by atoms with Crippen LogP contribution in [0.2, 0.25) is 0 Å². The molecule has 0 saturated carbocycles. The number of carbonyl (C=O) groups is 4. The van der Waals surface area contributed by atoms with Gasteiger partial charge < -0.3 is 41.0 Å². The summed E-state index contributed by atoms with van der Waals surface area (Å²) in [5.74, 6) is -2.09. The SMILES string of the molecule is CC(C)(C)OC(=O)N[C@@H](CCCCN)C(=O)O.CN(C)CCCC[C@H](NC(=O)OC(C)(C)C)C(=O)O. The number of rotatable bonds is 13. The fraction of sp³-hybridized carbons (Fsp3) is 0.833. The van der Waals surface area contributed by atoms with Gasteiger partial charge in [-0.3, -0.25) is 0 Å². The summed E-state index contributed by atoms with van der Waals surface area (Å²) in [6.07, 6.45) is 2.39. The van der Waals surface area contributed by atoms with Crippen LogP contribution in [0.5, 0.6) is 0 Å². The van der Waals surface area contributed by atoms with Crippen molar-refractivity contribution in [3.63, 3.8) is 0 Å². The number of nitrogens with zero attached hydrogens (tertiary/aromatic N) is 1. The first-order chi connectivity index (χ1) is 16.4. The molecule has 0 aromatic rings. The zero-order chi connectivity index (χ0) is 28.5. The average molecular weight is 521 g/mol. The molecule has 0 bridgehead atoms. The number of nitrogens with two attached hydrogens (primary N) is 1. The van der Waals surface area contributed by atoms with Crippen LogP contribution in [0.4, 0.5) is 9.59 Å². The van der Waals surface area contributed by atoms with Crippen molar-refractivity contribution >= 4 is 24.1 Å². The van der Waals surface area contributed by atoms with Crippen molar-refractivity contribution in [1.82, 2.24) is 15.5 Å². The highest BCUT2D eigenvalue weighted by Crippen LogP contribution is 2.09. The first-order valence-corrected chi connectivity index (χ1v) is 12.2. The largest absolute Gasteiger partial charge is 0.480 e. The molecule has 0 fully saturated rings. The van der Waals surface area contributed by atoms with Gasteiger partial charge in [-0.05, 0) is 107 Å². The maximum Gasteiger partial charge on any atom is 0.408 e. The van der Waals surface area contributed by atoms with E-state index in [9.17, 15) is 19.2 Å². The molecule has 2 amide bonds. The van der Waals surface area contributed by atoms with Gasteiger partial charge in [0.05, 0.1) is 0 Å². The fourth-order valence-electron chi connectivity index (χ4n) is 2.68. The van der Waals surface area contributed by atoms with Gasteiger partial charge in [0.25, 0.3) is 0 Å². The second-order valence-corrected chi connectivity index (χ2v) is 10.7. The van der Waals surface area contributed by atoms with Crippen LogP contribution in [0.15, 0.2) is 0 Å². The van der Waals surface area contributed by atoms with E-state index in [4.69, 9.17) is 25.4 Å². The van der Waals surface area contributed by atoms with Crippen molar-refractivity contribution in [2.75, 3.05) is 27.2 Å². The molecule has 0 aliphatic rings. The zero-order valence-electron chi connectivity index (χ0n) is 23.2. The predicted molar refractivity (Wildman–Crippen MR) is 137 cm³/mol. The zero-order valence-corrected chi connectivity index (χ0v) is 23.2. The lowest BCUT2D eigenvalue weighted by Crippen LogP contribution is -2.43. The maximum atomic E-state index is 11.5. The van der Waals surface area contributed by atoms with Gasteiger partial charge in [0.2, 0.25) is 0 Å². The molecule has 0 aliphatic carbocycles. The number of hydrogen-bond acceptors (Lipinski definition) is 8. The second kappa shape index (κ2) is 17.8. The lowest BCUT2D eigenvalue weighted by atomic mass is 10.1. The molecule has 0 unspecified atom stereocenters. The molecule has 0 aromatic heterocycles. The molecule has 12 nitrogen and oxygen atoms in total. The lowest BCUT2D eigenvalue weighted by Gasteiger charge is -2.22. The van der Waals surface area contributed by atoms with E-state index in [0.717, 1.165) is 25.8 Å². The van der Waals surface area contributed by atoms with E-state index in [1.807, 2.05) is 19.0 Å². The first-order valence-electron chi connectivity index (χ1n) is 12.2. The van der Waals surface area contributed by atoms with Crippen molar-refractivity contribution in [3.05, 3.63) is 0 Å². The Bertz CT molecular complexity index is 672.